The van der Waals surface area contributed by atoms with Gasteiger partial charge in [0.1, 0.15) is 11.5 Å². The van der Waals surface area contributed by atoms with E-state index < -0.39 is 0 Å². The zero-order chi connectivity index (χ0) is 26.4. The molecule has 0 spiro atoms. The number of para-hydroxylation sites is 1. The molecule has 0 saturated heterocycles. The lowest BCUT2D eigenvalue weighted by Gasteiger charge is -2.30. The number of unbranched alkanes of at least 4 members (excludes halogenated alkanes) is 3. The standard InChI is InChI=1S/C30H42N4O3/c1-33(2)16-10-6-5-7-11-22-14-15-26(30(35)32-31)28-25-12-8-9-13-27(25)34(29(22)28)20-21-17-23(36-3)19-24(18-21)37-4/h8-9,12-13,17-19,22,26H,5-7,10-11,14-16,20,31H2,1-4H3,(H,32,35). The molecule has 37 heavy (non-hydrogen) atoms. The molecule has 1 aromatic heterocycles. The Hall–Kier alpha value is -3.03. The summed E-state index contributed by atoms with van der Waals surface area (Å²) in [6.45, 7) is 1.82. The number of fused-ring (bicyclic) bond motifs is 3. The van der Waals surface area contributed by atoms with Gasteiger partial charge in [-0.05, 0) is 81.6 Å². The maximum absolute atomic E-state index is 12.9. The fourth-order valence-corrected chi connectivity index (χ4v) is 5.93. The monoisotopic (exact) mass is 506 g/mol. The highest BCUT2D eigenvalue weighted by Crippen LogP contribution is 2.46. The highest BCUT2D eigenvalue weighted by molar-refractivity contribution is 5.94. The molecule has 2 atom stereocenters. The van der Waals surface area contributed by atoms with E-state index in [-0.39, 0.29) is 11.8 Å². The van der Waals surface area contributed by atoms with Crippen LogP contribution in [-0.2, 0) is 11.3 Å². The number of carbonyl (C=O) groups excluding carboxylic acids is 1. The molecule has 1 aliphatic carbocycles. The largest absolute Gasteiger partial charge is 0.497 e. The number of methoxy groups -OCH3 is 2. The van der Waals surface area contributed by atoms with Crippen molar-refractivity contribution in [2.75, 3.05) is 34.9 Å². The maximum atomic E-state index is 12.9. The Morgan fingerprint density at radius 2 is 1.73 bits per heavy atom. The van der Waals surface area contributed by atoms with Crippen LogP contribution < -0.4 is 20.7 Å². The summed E-state index contributed by atoms with van der Waals surface area (Å²) in [4.78, 5) is 15.2. The Kier molecular flexibility index (Phi) is 9.11. The number of rotatable bonds is 12. The molecule has 4 rings (SSSR count). The number of carbonyl (C=O) groups is 1. The average Bonchev–Trinajstić information content (AvgIpc) is 3.24. The first-order valence-electron chi connectivity index (χ1n) is 13.4. The number of hydrazine groups is 1. The van der Waals surface area contributed by atoms with Gasteiger partial charge in [-0.1, -0.05) is 37.5 Å². The minimum atomic E-state index is -0.234. The van der Waals surface area contributed by atoms with Gasteiger partial charge < -0.3 is 18.9 Å². The Labute approximate surface area is 220 Å². The molecular formula is C30H42N4O3. The van der Waals surface area contributed by atoms with Crippen molar-refractivity contribution in [2.45, 2.75) is 63.3 Å². The van der Waals surface area contributed by atoms with Crippen LogP contribution in [0.2, 0.25) is 0 Å². The number of nitrogens with one attached hydrogen (secondary N) is 1. The van der Waals surface area contributed by atoms with Gasteiger partial charge >= 0.3 is 0 Å². The predicted octanol–water partition coefficient (Wildman–Crippen LogP) is 5.17. The van der Waals surface area contributed by atoms with E-state index in [2.05, 4.69) is 65.4 Å². The number of ether oxygens (including phenoxy) is 2. The van der Waals surface area contributed by atoms with Gasteiger partial charge in [-0.3, -0.25) is 10.2 Å². The van der Waals surface area contributed by atoms with Crippen molar-refractivity contribution in [3.8, 4) is 11.5 Å². The molecule has 3 aromatic rings. The molecule has 0 saturated carbocycles. The first-order valence-corrected chi connectivity index (χ1v) is 13.4. The minimum absolute atomic E-state index is 0.102. The highest BCUT2D eigenvalue weighted by Gasteiger charge is 2.36. The summed E-state index contributed by atoms with van der Waals surface area (Å²) in [5.74, 6) is 7.26. The van der Waals surface area contributed by atoms with Crippen LogP contribution in [0.4, 0.5) is 0 Å². The molecule has 7 nitrogen and oxygen atoms in total. The van der Waals surface area contributed by atoms with E-state index in [1.807, 2.05) is 6.07 Å². The molecule has 2 unspecified atom stereocenters. The number of nitrogens with zero attached hydrogens (tertiary/aromatic N) is 2. The van der Waals surface area contributed by atoms with Crippen molar-refractivity contribution in [2.24, 2.45) is 5.84 Å². The van der Waals surface area contributed by atoms with Crippen LogP contribution >= 0.6 is 0 Å². The van der Waals surface area contributed by atoms with E-state index in [1.165, 1.54) is 31.4 Å². The molecule has 0 aliphatic heterocycles. The van der Waals surface area contributed by atoms with Crippen LogP contribution in [0.25, 0.3) is 10.9 Å². The van der Waals surface area contributed by atoms with E-state index in [0.717, 1.165) is 59.3 Å². The zero-order valence-electron chi connectivity index (χ0n) is 22.8. The fourth-order valence-electron chi connectivity index (χ4n) is 5.93. The normalized spacial score (nSPS) is 17.1. The molecule has 1 amide bonds. The number of nitrogens with two attached hydrogens (primary N) is 1. The van der Waals surface area contributed by atoms with Crippen LogP contribution in [0.1, 0.15) is 73.6 Å². The van der Waals surface area contributed by atoms with Gasteiger partial charge in [0.25, 0.3) is 0 Å². The lowest BCUT2D eigenvalue weighted by molar-refractivity contribution is -0.123. The number of amides is 1. The van der Waals surface area contributed by atoms with Crippen molar-refractivity contribution in [1.82, 2.24) is 14.9 Å². The van der Waals surface area contributed by atoms with Crippen molar-refractivity contribution in [3.63, 3.8) is 0 Å². The van der Waals surface area contributed by atoms with Gasteiger partial charge in [0, 0.05) is 29.2 Å². The third-order valence-corrected chi connectivity index (χ3v) is 7.71. The van der Waals surface area contributed by atoms with E-state index in [0.29, 0.717) is 12.5 Å². The van der Waals surface area contributed by atoms with Crippen LogP contribution in [0, 0.1) is 0 Å². The minimum Gasteiger partial charge on any atom is -0.497 e. The van der Waals surface area contributed by atoms with Crippen molar-refractivity contribution in [3.05, 3.63) is 59.3 Å². The SMILES string of the molecule is COc1cc(Cn2c3c(c4ccccc42)C(C(=O)NN)CCC3CCCCCCN(C)C)cc(OC)c1. The number of hydrogen-bond acceptors (Lipinski definition) is 5. The molecular weight excluding hydrogens is 464 g/mol. The molecule has 3 N–H and O–H groups in total. The van der Waals surface area contributed by atoms with Crippen LogP contribution in [-0.4, -0.2) is 50.2 Å². The van der Waals surface area contributed by atoms with Crippen LogP contribution in [0.15, 0.2) is 42.5 Å². The van der Waals surface area contributed by atoms with Crippen molar-refractivity contribution >= 4 is 16.8 Å². The summed E-state index contributed by atoms with van der Waals surface area (Å²) in [5, 5.41) is 1.15. The number of aromatic nitrogens is 1. The zero-order valence-corrected chi connectivity index (χ0v) is 22.8. The third kappa shape index (κ3) is 6.11. The quantitative estimate of drug-likeness (QED) is 0.153. The summed E-state index contributed by atoms with van der Waals surface area (Å²) in [6.07, 6.45) is 7.86. The molecule has 1 heterocycles. The Morgan fingerprint density at radius 3 is 2.41 bits per heavy atom. The number of benzene rings is 2. The van der Waals surface area contributed by atoms with Crippen LogP contribution in [0.3, 0.4) is 0 Å². The molecule has 200 valence electrons. The lowest BCUT2D eigenvalue weighted by Crippen LogP contribution is -2.36. The summed E-state index contributed by atoms with van der Waals surface area (Å²) >= 11 is 0. The van der Waals surface area contributed by atoms with Gasteiger partial charge in [-0.2, -0.15) is 0 Å². The summed E-state index contributed by atoms with van der Waals surface area (Å²) in [7, 11) is 7.62. The topological polar surface area (TPSA) is 81.8 Å². The third-order valence-electron chi connectivity index (χ3n) is 7.71. The van der Waals surface area contributed by atoms with Crippen LogP contribution in [0.5, 0.6) is 11.5 Å². The molecule has 1 aliphatic rings. The van der Waals surface area contributed by atoms with E-state index in [9.17, 15) is 4.79 Å². The van der Waals surface area contributed by atoms with Gasteiger partial charge in [-0.15, -0.1) is 0 Å². The van der Waals surface area contributed by atoms with Crippen molar-refractivity contribution < 1.29 is 14.3 Å². The van der Waals surface area contributed by atoms with E-state index >= 15 is 0 Å². The van der Waals surface area contributed by atoms with E-state index in [4.69, 9.17) is 15.3 Å². The Morgan fingerprint density at radius 1 is 1.03 bits per heavy atom. The fraction of sp³-hybridized carbons (Fsp3) is 0.500. The highest BCUT2D eigenvalue weighted by atomic mass is 16.5. The summed E-state index contributed by atoms with van der Waals surface area (Å²) < 4.78 is 13.5. The number of hydrogen-bond donors (Lipinski definition) is 2. The molecule has 0 radical (unpaired) electrons. The maximum Gasteiger partial charge on any atom is 0.241 e. The smallest absolute Gasteiger partial charge is 0.241 e. The molecule has 7 heteroatoms. The van der Waals surface area contributed by atoms with Gasteiger partial charge in [0.05, 0.1) is 20.1 Å². The second-order valence-corrected chi connectivity index (χ2v) is 10.5. The summed E-state index contributed by atoms with van der Waals surface area (Å²) in [5.41, 5.74) is 7.13. The first-order chi connectivity index (χ1) is 18.0. The molecule has 0 bridgehead atoms. The second-order valence-electron chi connectivity index (χ2n) is 10.5. The summed E-state index contributed by atoms with van der Waals surface area (Å²) in [6, 6.07) is 14.5. The van der Waals surface area contributed by atoms with Crippen molar-refractivity contribution in [1.29, 1.82) is 0 Å². The van der Waals surface area contributed by atoms with Gasteiger partial charge in [0.15, 0.2) is 0 Å². The molecule has 0 fully saturated rings. The second kappa shape index (κ2) is 12.5. The Bertz CT molecular complexity index is 1180. The van der Waals surface area contributed by atoms with Gasteiger partial charge in [0.2, 0.25) is 5.91 Å². The average molecular weight is 507 g/mol. The van der Waals surface area contributed by atoms with Gasteiger partial charge in [-0.25, -0.2) is 5.84 Å². The Balaban J connectivity index is 1.72. The first kappa shape index (κ1) is 27.0. The lowest BCUT2D eigenvalue weighted by atomic mass is 9.77. The predicted molar refractivity (Wildman–Crippen MR) is 149 cm³/mol. The van der Waals surface area contributed by atoms with E-state index in [1.54, 1.807) is 14.2 Å². The molecule has 2 aromatic carbocycles.